The molecular weight excluding hydrogens is 756 g/mol. The highest BCUT2D eigenvalue weighted by Crippen LogP contribution is 2.41. The van der Waals surface area contributed by atoms with Crippen molar-refractivity contribution in [3.63, 3.8) is 0 Å². The summed E-state index contributed by atoms with van der Waals surface area (Å²) in [5, 5.41) is 22.0. The lowest BCUT2D eigenvalue weighted by Gasteiger charge is -2.53. The van der Waals surface area contributed by atoms with E-state index < -0.39 is 77.6 Å². The highest BCUT2D eigenvalue weighted by Gasteiger charge is 2.56. The molecule has 7 fully saturated rings. The van der Waals surface area contributed by atoms with Gasteiger partial charge in [0, 0.05) is 76.0 Å². The van der Waals surface area contributed by atoms with Gasteiger partial charge in [0.15, 0.2) is 17.4 Å². The number of likely N-dealkylation sites (tertiary alicyclic amines) is 4. The first-order chi connectivity index (χ1) is 26.9. The molecule has 4 amide bonds. The molecule has 0 aliphatic carbocycles. The van der Waals surface area contributed by atoms with Crippen molar-refractivity contribution in [3.05, 3.63) is 0 Å². The molecule has 0 aromatic rings. The Morgan fingerprint density at radius 2 is 1.09 bits per heavy atom. The Bertz CT molecular complexity index is 1580. The molecule has 17 heteroatoms. The van der Waals surface area contributed by atoms with Gasteiger partial charge < -0.3 is 63.0 Å². The van der Waals surface area contributed by atoms with Crippen LogP contribution in [0.3, 0.4) is 0 Å². The van der Waals surface area contributed by atoms with Gasteiger partial charge >= 0.3 is 6.09 Å². The Morgan fingerprint density at radius 1 is 0.621 bits per heavy atom. The van der Waals surface area contributed by atoms with Crippen molar-refractivity contribution in [3.8, 4) is 0 Å². The maximum Gasteiger partial charge on any atom is 0.410 e. The van der Waals surface area contributed by atoms with Crippen molar-refractivity contribution >= 4 is 23.8 Å². The Labute approximate surface area is 341 Å². The van der Waals surface area contributed by atoms with E-state index in [9.17, 15) is 29.4 Å². The van der Waals surface area contributed by atoms with E-state index in [1.807, 2.05) is 20.8 Å². The summed E-state index contributed by atoms with van der Waals surface area (Å²) in [7, 11) is 0. The van der Waals surface area contributed by atoms with Crippen LogP contribution in [0.15, 0.2) is 0 Å². The smallest absolute Gasteiger partial charge is 0.410 e. The largest absolute Gasteiger partial charge is 0.444 e. The molecule has 17 nitrogen and oxygen atoms in total. The molecule has 7 saturated heterocycles. The minimum absolute atomic E-state index is 0.0103. The number of aliphatic hydroxyl groups is 2. The van der Waals surface area contributed by atoms with Gasteiger partial charge in [-0.15, -0.1) is 0 Å². The molecule has 328 valence electrons. The molecule has 0 spiro atoms. The van der Waals surface area contributed by atoms with E-state index in [1.54, 1.807) is 68.1 Å². The normalized spacial score (nSPS) is 39.6. The van der Waals surface area contributed by atoms with Gasteiger partial charge in [-0.3, -0.25) is 14.4 Å². The maximum atomic E-state index is 15.0. The maximum absolute atomic E-state index is 15.0. The van der Waals surface area contributed by atoms with E-state index in [2.05, 4.69) is 0 Å². The van der Waals surface area contributed by atoms with Crippen LogP contribution >= 0.6 is 0 Å². The van der Waals surface area contributed by atoms with E-state index in [-0.39, 0.29) is 100 Å². The number of fused-ring (bicyclic) bond motifs is 3. The van der Waals surface area contributed by atoms with Gasteiger partial charge in [0.2, 0.25) is 17.7 Å². The van der Waals surface area contributed by atoms with Crippen molar-refractivity contribution in [2.75, 3.05) is 72.2 Å². The lowest BCUT2D eigenvalue weighted by Crippen LogP contribution is -2.67. The molecule has 0 saturated carbocycles. The third kappa shape index (κ3) is 8.88. The van der Waals surface area contributed by atoms with Crippen molar-refractivity contribution in [2.24, 2.45) is 41.4 Å². The second kappa shape index (κ2) is 15.7. The summed E-state index contributed by atoms with van der Waals surface area (Å²) in [6, 6.07) is 0. The third-order valence-corrected chi connectivity index (χ3v) is 12.8. The number of rotatable bonds is 4. The van der Waals surface area contributed by atoms with E-state index in [0.717, 1.165) is 0 Å². The van der Waals surface area contributed by atoms with Gasteiger partial charge in [0.25, 0.3) is 0 Å². The second-order valence-electron chi connectivity index (χ2n) is 20.1. The van der Waals surface area contributed by atoms with Crippen LogP contribution < -0.4 is 0 Å². The van der Waals surface area contributed by atoms with Gasteiger partial charge in [-0.25, -0.2) is 4.79 Å². The molecule has 7 heterocycles. The SMILES string of the molecule is C[C@@H]1CN(C(=O)[C@@H]2CN(C(=O)[C@@H]3CN(C(=O)[C@@H]4CN(C(=O)OC(C)(C)C)C[C@@H]5COC(C)(C)O[C@@H]54)C[C@@H]4COC(C)(C)O[C@@H]43)C[C@H](CO)[C@@H]2O)C[C@@H]2OC(C)(C)O[C@H]12. The third-order valence-electron chi connectivity index (χ3n) is 12.8. The molecule has 7 aliphatic rings. The van der Waals surface area contributed by atoms with Crippen LogP contribution in [-0.2, 0) is 47.5 Å². The first-order valence-corrected chi connectivity index (χ1v) is 21.1. The van der Waals surface area contributed by atoms with Gasteiger partial charge in [0.05, 0.1) is 62.0 Å². The highest BCUT2D eigenvalue weighted by atomic mass is 16.8. The van der Waals surface area contributed by atoms with Crippen LogP contribution in [0.4, 0.5) is 4.79 Å². The van der Waals surface area contributed by atoms with Crippen LogP contribution in [-0.4, -0.2) is 179 Å². The predicted octanol–water partition coefficient (Wildman–Crippen LogP) is 1.27. The predicted molar refractivity (Wildman–Crippen MR) is 204 cm³/mol. The summed E-state index contributed by atoms with van der Waals surface area (Å²) >= 11 is 0. The van der Waals surface area contributed by atoms with Crippen molar-refractivity contribution in [1.82, 2.24) is 19.6 Å². The number of carbonyl (C=O) groups is 4. The standard InChI is InChI=1S/C41H66N4O13/c1-22-11-42(18-29-31(22)55-41(9,10)54-29)34(48)26-15-43(12-23(19-46)30(26)47)35(49)27-16-44(13-24-20-52-39(5,6)56-32(24)27)36(50)28-17-45(37(51)58-38(2,3)4)14-25-21-53-40(7,8)57-33(25)28/h22-33,46-47H,11-21H2,1-10H3/t22-,23-,24-,25-,26-,27-,28-,29+,30+,31-,32+,33+/m1/s1. The topological polar surface area (TPSA) is 186 Å². The Kier molecular flexibility index (Phi) is 11.7. The minimum atomic E-state index is -1.18. The Hall–Kier alpha value is -2.64. The number of hydrogen-bond acceptors (Lipinski definition) is 13. The van der Waals surface area contributed by atoms with Gasteiger partial charge in [-0.2, -0.15) is 0 Å². The van der Waals surface area contributed by atoms with Gasteiger partial charge in [0.1, 0.15) is 11.7 Å². The molecule has 7 rings (SSSR count). The summed E-state index contributed by atoms with van der Waals surface area (Å²) in [5.74, 6) is -7.73. The number of carbonyl (C=O) groups excluding carboxylic acids is 4. The number of aliphatic hydroxyl groups excluding tert-OH is 2. The number of amides is 4. The number of ether oxygens (including phenoxy) is 7. The number of hydrogen-bond donors (Lipinski definition) is 2. The molecule has 0 aromatic heterocycles. The molecule has 2 N–H and O–H groups in total. The van der Waals surface area contributed by atoms with E-state index >= 15 is 0 Å². The fraction of sp³-hybridized carbons (Fsp3) is 0.902. The average Bonchev–Trinajstić information content (AvgIpc) is 3.46. The zero-order chi connectivity index (χ0) is 42.3. The van der Waals surface area contributed by atoms with Crippen LogP contribution in [0, 0.1) is 41.4 Å². The van der Waals surface area contributed by atoms with Crippen molar-refractivity contribution in [2.45, 2.75) is 123 Å². The first kappa shape index (κ1) is 43.4. The molecule has 0 bridgehead atoms. The van der Waals surface area contributed by atoms with E-state index in [0.29, 0.717) is 13.1 Å². The lowest BCUT2D eigenvalue weighted by molar-refractivity contribution is -0.312. The molecule has 0 radical (unpaired) electrons. The number of piperidine rings is 4. The van der Waals surface area contributed by atoms with Crippen LogP contribution in [0.1, 0.15) is 69.2 Å². The summed E-state index contributed by atoms with van der Waals surface area (Å²) in [6.07, 6.45) is -3.39. The quantitative estimate of drug-likeness (QED) is 0.414. The average molecular weight is 823 g/mol. The monoisotopic (exact) mass is 822 g/mol. The summed E-state index contributed by atoms with van der Waals surface area (Å²) in [4.78, 5) is 64.0. The van der Waals surface area contributed by atoms with Gasteiger partial charge in [-0.1, -0.05) is 6.92 Å². The molecule has 0 aromatic carbocycles. The van der Waals surface area contributed by atoms with Crippen molar-refractivity contribution in [1.29, 1.82) is 0 Å². The number of nitrogens with zero attached hydrogens (tertiary/aromatic N) is 4. The van der Waals surface area contributed by atoms with Crippen LogP contribution in [0.5, 0.6) is 0 Å². The fourth-order valence-corrected chi connectivity index (χ4v) is 10.2. The minimum Gasteiger partial charge on any atom is -0.444 e. The molecule has 58 heavy (non-hydrogen) atoms. The summed E-state index contributed by atoms with van der Waals surface area (Å²) in [6.45, 7) is 19.6. The van der Waals surface area contributed by atoms with E-state index in [1.165, 1.54) is 0 Å². The highest BCUT2D eigenvalue weighted by molar-refractivity contribution is 5.86. The second-order valence-corrected chi connectivity index (χ2v) is 20.1. The molecule has 0 unspecified atom stereocenters. The van der Waals surface area contributed by atoms with Gasteiger partial charge in [-0.05, 0) is 62.3 Å². The molecule has 7 aliphatic heterocycles. The zero-order valence-corrected chi connectivity index (χ0v) is 35.9. The van der Waals surface area contributed by atoms with Crippen molar-refractivity contribution < 1.29 is 62.5 Å². The zero-order valence-electron chi connectivity index (χ0n) is 35.9. The fourth-order valence-electron chi connectivity index (χ4n) is 10.2. The van der Waals surface area contributed by atoms with Crippen LogP contribution in [0.25, 0.3) is 0 Å². The summed E-state index contributed by atoms with van der Waals surface area (Å²) in [5.41, 5.74) is -0.742. The first-order valence-electron chi connectivity index (χ1n) is 21.1. The molecule has 12 atom stereocenters. The lowest BCUT2D eigenvalue weighted by atomic mass is 9.79. The molecular formula is C41H66N4O13. The Balaban J connectivity index is 1.13. The van der Waals surface area contributed by atoms with Crippen LogP contribution in [0.2, 0.25) is 0 Å². The summed E-state index contributed by atoms with van der Waals surface area (Å²) < 4.78 is 42.9. The Morgan fingerprint density at radius 3 is 1.64 bits per heavy atom. The van der Waals surface area contributed by atoms with E-state index in [4.69, 9.17) is 33.2 Å².